The minimum atomic E-state index is -0.521. The van der Waals surface area contributed by atoms with Crippen molar-refractivity contribution in [1.29, 1.82) is 0 Å². The molecule has 0 aromatic heterocycles. The fraction of sp³-hybridized carbons (Fsp3) is 0.417. The summed E-state index contributed by atoms with van der Waals surface area (Å²) < 4.78 is 23.0. The van der Waals surface area contributed by atoms with Crippen molar-refractivity contribution in [2.75, 3.05) is 32.9 Å². The van der Waals surface area contributed by atoms with Gasteiger partial charge in [-0.25, -0.2) is 0 Å². The van der Waals surface area contributed by atoms with Gasteiger partial charge in [0.05, 0.1) is 12.0 Å². The summed E-state index contributed by atoms with van der Waals surface area (Å²) in [7, 11) is 0. The van der Waals surface area contributed by atoms with Crippen LogP contribution in [0, 0.1) is 6.92 Å². The Balaban J connectivity index is 1.17. The van der Waals surface area contributed by atoms with Gasteiger partial charge in [0.25, 0.3) is 5.91 Å². The van der Waals surface area contributed by atoms with Gasteiger partial charge in [-0.05, 0) is 31.2 Å². The Bertz CT molecular complexity index is 1020. The molecule has 0 aliphatic carbocycles. The largest absolute Gasteiger partial charge is 0.486 e. The van der Waals surface area contributed by atoms with Gasteiger partial charge >= 0.3 is 0 Å². The number of ether oxygens (including phenoxy) is 4. The highest BCUT2D eigenvalue weighted by Gasteiger charge is 2.43. The van der Waals surface area contributed by atoms with Gasteiger partial charge < -0.3 is 23.8 Å². The molecule has 0 atom stereocenters. The highest BCUT2D eigenvalue weighted by molar-refractivity contribution is 6.00. The van der Waals surface area contributed by atoms with Crippen molar-refractivity contribution >= 4 is 11.7 Å². The van der Waals surface area contributed by atoms with Crippen LogP contribution >= 0.6 is 0 Å². The van der Waals surface area contributed by atoms with Gasteiger partial charge in [0.1, 0.15) is 30.3 Å². The van der Waals surface area contributed by atoms with E-state index in [1.165, 1.54) is 0 Å². The van der Waals surface area contributed by atoms with Gasteiger partial charge in [0.2, 0.25) is 0 Å². The van der Waals surface area contributed by atoms with Gasteiger partial charge in [0, 0.05) is 32.0 Å². The van der Waals surface area contributed by atoms with Crippen LogP contribution in [0.4, 0.5) is 0 Å². The lowest BCUT2D eigenvalue weighted by atomic mass is 9.82. The van der Waals surface area contributed by atoms with Crippen molar-refractivity contribution in [3.63, 3.8) is 0 Å². The van der Waals surface area contributed by atoms with Crippen LogP contribution in [0.5, 0.6) is 23.0 Å². The van der Waals surface area contributed by atoms with Crippen LogP contribution in [0.2, 0.25) is 0 Å². The Morgan fingerprint density at radius 1 is 1.03 bits per heavy atom. The van der Waals surface area contributed by atoms with Crippen molar-refractivity contribution in [3.05, 3.63) is 47.5 Å². The molecule has 0 N–H and O–H groups in total. The SMILES string of the molecule is Cc1ccc2c(c1)C(=O)CC1(CCN(C(=O)COc3ccc4c(c3)OCCO4)CC1)O2. The maximum Gasteiger partial charge on any atom is 0.260 e. The van der Waals surface area contributed by atoms with Crippen LogP contribution in [-0.2, 0) is 4.79 Å². The topological polar surface area (TPSA) is 74.3 Å². The minimum Gasteiger partial charge on any atom is -0.486 e. The summed E-state index contributed by atoms with van der Waals surface area (Å²) in [6.45, 7) is 4.03. The fourth-order valence-corrected chi connectivity index (χ4v) is 4.40. The van der Waals surface area contributed by atoms with E-state index in [0.717, 1.165) is 5.56 Å². The summed E-state index contributed by atoms with van der Waals surface area (Å²) in [5.41, 5.74) is 1.19. The van der Waals surface area contributed by atoms with E-state index >= 15 is 0 Å². The number of amides is 1. The molecule has 7 heteroatoms. The zero-order chi connectivity index (χ0) is 21.4. The Hall–Kier alpha value is -3.22. The van der Waals surface area contributed by atoms with Crippen molar-refractivity contribution in [1.82, 2.24) is 4.90 Å². The summed E-state index contributed by atoms with van der Waals surface area (Å²) in [5.74, 6) is 2.58. The van der Waals surface area contributed by atoms with Crippen molar-refractivity contribution in [3.8, 4) is 23.0 Å². The maximum absolute atomic E-state index is 12.7. The van der Waals surface area contributed by atoms with Crippen molar-refractivity contribution in [2.45, 2.75) is 31.8 Å². The number of fused-ring (bicyclic) bond motifs is 2. The number of hydrogen-bond acceptors (Lipinski definition) is 6. The van der Waals surface area contributed by atoms with Gasteiger partial charge in [-0.1, -0.05) is 11.6 Å². The quantitative estimate of drug-likeness (QED) is 0.755. The van der Waals surface area contributed by atoms with Crippen LogP contribution in [0.25, 0.3) is 0 Å². The van der Waals surface area contributed by atoms with Crippen LogP contribution in [0.3, 0.4) is 0 Å². The van der Waals surface area contributed by atoms with E-state index < -0.39 is 5.60 Å². The van der Waals surface area contributed by atoms with Gasteiger partial charge in [-0.15, -0.1) is 0 Å². The second-order valence-corrected chi connectivity index (χ2v) is 8.36. The Kier molecular flexibility index (Phi) is 4.96. The third-order valence-electron chi connectivity index (χ3n) is 6.15. The lowest BCUT2D eigenvalue weighted by Gasteiger charge is -2.44. The average Bonchev–Trinajstić information content (AvgIpc) is 2.78. The molecule has 31 heavy (non-hydrogen) atoms. The Morgan fingerprint density at radius 2 is 1.77 bits per heavy atom. The van der Waals surface area contributed by atoms with Gasteiger partial charge in [-0.3, -0.25) is 9.59 Å². The van der Waals surface area contributed by atoms with Crippen LogP contribution in [0.15, 0.2) is 36.4 Å². The van der Waals surface area contributed by atoms with E-state index in [2.05, 4.69) is 0 Å². The molecule has 162 valence electrons. The number of benzene rings is 2. The number of aryl methyl sites for hydroxylation is 1. The highest BCUT2D eigenvalue weighted by atomic mass is 16.6. The number of carbonyl (C=O) groups excluding carboxylic acids is 2. The molecule has 2 aromatic carbocycles. The summed E-state index contributed by atoms with van der Waals surface area (Å²) in [6.07, 6.45) is 1.61. The molecule has 0 radical (unpaired) electrons. The summed E-state index contributed by atoms with van der Waals surface area (Å²) in [4.78, 5) is 27.1. The monoisotopic (exact) mass is 423 g/mol. The first kappa shape index (κ1) is 19.7. The first-order valence-electron chi connectivity index (χ1n) is 10.6. The fourth-order valence-electron chi connectivity index (χ4n) is 4.40. The number of piperidine rings is 1. The van der Waals surface area contributed by atoms with E-state index in [1.54, 1.807) is 23.1 Å². The molecule has 3 aliphatic rings. The van der Waals surface area contributed by atoms with Crippen LogP contribution in [0.1, 0.15) is 35.2 Å². The molecule has 0 bridgehead atoms. The predicted octanol–water partition coefficient (Wildman–Crippen LogP) is 3.17. The van der Waals surface area contributed by atoms with E-state index in [0.29, 0.717) is 74.1 Å². The molecule has 1 fully saturated rings. The second kappa shape index (κ2) is 7.80. The number of hydrogen-bond donors (Lipinski definition) is 0. The molecule has 0 unspecified atom stereocenters. The zero-order valence-corrected chi connectivity index (χ0v) is 17.5. The van der Waals surface area contributed by atoms with Crippen molar-refractivity contribution < 1.29 is 28.5 Å². The third-order valence-corrected chi connectivity index (χ3v) is 6.15. The zero-order valence-electron chi connectivity index (χ0n) is 17.5. The molecular formula is C24H25NO6. The van der Waals surface area contributed by atoms with E-state index in [9.17, 15) is 9.59 Å². The minimum absolute atomic E-state index is 0.0471. The van der Waals surface area contributed by atoms with E-state index in [-0.39, 0.29) is 18.3 Å². The second-order valence-electron chi connectivity index (χ2n) is 8.36. The van der Waals surface area contributed by atoms with Crippen molar-refractivity contribution in [2.24, 2.45) is 0 Å². The number of Topliss-reactive ketones (excluding diaryl/α,β-unsaturated/α-hetero) is 1. The van der Waals surface area contributed by atoms with Crippen LogP contribution < -0.4 is 18.9 Å². The molecule has 0 saturated carbocycles. The molecule has 7 nitrogen and oxygen atoms in total. The number of likely N-dealkylation sites (tertiary alicyclic amines) is 1. The van der Waals surface area contributed by atoms with Crippen LogP contribution in [-0.4, -0.2) is 55.1 Å². The third kappa shape index (κ3) is 3.92. The summed E-state index contributed by atoms with van der Waals surface area (Å²) in [6, 6.07) is 11.0. The number of rotatable bonds is 3. The van der Waals surface area contributed by atoms with Gasteiger partial charge in [0.15, 0.2) is 23.9 Å². The number of carbonyl (C=O) groups is 2. The molecule has 1 saturated heterocycles. The number of ketones is 1. The molecule has 1 amide bonds. The molecule has 1 spiro atoms. The first-order valence-corrected chi connectivity index (χ1v) is 10.6. The lowest BCUT2D eigenvalue weighted by Crippen LogP contribution is -2.53. The van der Waals surface area contributed by atoms with E-state index in [4.69, 9.17) is 18.9 Å². The highest BCUT2D eigenvalue weighted by Crippen LogP contribution is 2.39. The molecule has 3 aliphatic heterocycles. The first-order chi connectivity index (χ1) is 15.0. The van der Waals surface area contributed by atoms with Gasteiger partial charge in [-0.2, -0.15) is 0 Å². The molecule has 3 heterocycles. The predicted molar refractivity (Wildman–Crippen MR) is 112 cm³/mol. The Labute approximate surface area is 180 Å². The maximum atomic E-state index is 12.7. The lowest BCUT2D eigenvalue weighted by molar-refractivity contribution is -0.136. The average molecular weight is 423 g/mol. The number of nitrogens with zero attached hydrogens (tertiary/aromatic N) is 1. The molecule has 2 aromatic rings. The normalized spacial score (nSPS) is 18.9. The standard InChI is InChI=1S/C24H25NO6/c1-16-2-4-20-18(12-16)19(26)14-24(31-20)6-8-25(9-7-24)23(27)15-30-17-3-5-21-22(13-17)29-11-10-28-21/h2-5,12-13H,6-11,14-15H2,1H3. The molecular weight excluding hydrogens is 398 g/mol. The smallest absolute Gasteiger partial charge is 0.260 e. The summed E-state index contributed by atoms with van der Waals surface area (Å²) >= 11 is 0. The Morgan fingerprint density at radius 3 is 2.58 bits per heavy atom. The molecule has 5 rings (SSSR count). The van der Waals surface area contributed by atoms with E-state index in [1.807, 2.05) is 25.1 Å². The summed E-state index contributed by atoms with van der Waals surface area (Å²) in [5, 5.41) is 0.